The zero-order chi connectivity index (χ0) is 13.4. The summed E-state index contributed by atoms with van der Waals surface area (Å²) in [5.41, 5.74) is 14.0. The lowest BCUT2D eigenvalue weighted by Gasteiger charge is -2.05. The van der Waals surface area contributed by atoms with Gasteiger partial charge < -0.3 is 16.2 Å². The van der Waals surface area contributed by atoms with Gasteiger partial charge in [-0.25, -0.2) is 15.0 Å². The quantitative estimate of drug-likeness (QED) is 0.740. The van der Waals surface area contributed by atoms with E-state index in [1.165, 1.54) is 11.3 Å². The SMILES string of the molecule is COc1ncc(-c2ccnc(N)c2)c2sc(N)nc12. The van der Waals surface area contributed by atoms with Crippen LogP contribution in [0.3, 0.4) is 0 Å². The first kappa shape index (κ1) is 11.7. The Morgan fingerprint density at radius 2 is 2.11 bits per heavy atom. The zero-order valence-electron chi connectivity index (χ0n) is 10.1. The molecule has 0 aliphatic rings. The Bertz CT molecular complexity index is 755. The lowest BCUT2D eigenvalue weighted by Crippen LogP contribution is -1.92. The van der Waals surface area contributed by atoms with Gasteiger partial charge in [0.15, 0.2) is 5.13 Å². The van der Waals surface area contributed by atoms with Crippen LogP contribution in [0.5, 0.6) is 5.88 Å². The van der Waals surface area contributed by atoms with Gasteiger partial charge in [-0.3, -0.25) is 0 Å². The summed E-state index contributed by atoms with van der Waals surface area (Å²) >= 11 is 1.39. The normalized spacial score (nSPS) is 10.8. The van der Waals surface area contributed by atoms with Gasteiger partial charge in [-0.15, -0.1) is 0 Å². The first-order valence-corrected chi connectivity index (χ1v) is 6.31. The summed E-state index contributed by atoms with van der Waals surface area (Å²) in [5.74, 6) is 0.924. The largest absolute Gasteiger partial charge is 0.479 e. The van der Waals surface area contributed by atoms with E-state index in [-0.39, 0.29) is 0 Å². The summed E-state index contributed by atoms with van der Waals surface area (Å²) < 4.78 is 6.12. The van der Waals surface area contributed by atoms with Crippen LogP contribution < -0.4 is 16.2 Å². The number of hydrogen-bond donors (Lipinski definition) is 2. The van der Waals surface area contributed by atoms with Crippen LogP contribution in [-0.4, -0.2) is 22.1 Å². The molecule has 6 nitrogen and oxygen atoms in total. The first-order valence-electron chi connectivity index (χ1n) is 5.50. The molecule has 0 atom stereocenters. The minimum atomic E-state index is 0.457. The maximum absolute atomic E-state index is 5.78. The van der Waals surface area contributed by atoms with E-state index < -0.39 is 0 Å². The molecular formula is C12H11N5OS. The van der Waals surface area contributed by atoms with Crippen LogP contribution >= 0.6 is 11.3 Å². The molecule has 19 heavy (non-hydrogen) atoms. The van der Waals surface area contributed by atoms with Crippen molar-refractivity contribution in [2.75, 3.05) is 18.6 Å². The van der Waals surface area contributed by atoms with Crippen LogP contribution in [0.15, 0.2) is 24.5 Å². The molecule has 0 aliphatic heterocycles. The highest BCUT2D eigenvalue weighted by molar-refractivity contribution is 7.22. The van der Waals surface area contributed by atoms with Crippen molar-refractivity contribution in [3.63, 3.8) is 0 Å². The molecule has 0 unspecified atom stereocenters. The Balaban J connectivity index is 2.30. The van der Waals surface area contributed by atoms with Gasteiger partial charge >= 0.3 is 0 Å². The second-order valence-corrected chi connectivity index (χ2v) is 4.91. The maximum atomic E-state index is 5.78. The van der Waals surface area contributed by atoms with Crippen LogP contribution in [-0.2, 0) is 0 Å². The highest BCUT2D eigenvalue weighted by atomic mass is 32.1. The number of hydrogen-bond acceptors (Lipinski definition) is 7. The molecule has 4 N–H and O–H groups in total. The van der Waals surface area contributed by atoms with Crippen LogP contribution in [0, 0.1) is 0 Å². The van der Waals surface area contributed by atoms with Gasteiger partial charge in [-0.1, -0.05) is 11.3 Å². The molecule has 3 heterocycles. The molecule has 96 valence electrons. The van der Waals surface area contributed by atoms with Crippen LogP contribution in [0.4, 0.5) is 10.9 Å². The van der Waals surface area contributed by atoms with Gasteiger partial charge in [0.05, 0.1) is 11.8 Å². The Kier molecular flexibility index (Phi) is 2.68. The second kappa shape index (κ2) is 4.36. The molecule has 0 bridgehead atoms. The number of nitrogen functional groups attached to an aromatic ring is 2. The molecule has 3 rings (SSSR count). The fraction of sp³-hybridized carbons (Fsp3) is 0.0833. The molecule has 3 aromatic rings. The minimum Gasteiger partial charge on any atom is -0.479 e. The Morgan fingerprint density at radius 3 is 2.84 bits per heavy atom. The van der Waals surface area contributed by atoms with Gasteiger partial charge in [-0.2, -0.15) is 0 Å². The Morgan fingerprint density at radius 1 is 1.26 bits per heavy atom. The molecule has 0 aromatic carbocycles. The summed E-state index contributed by atoms with van der Waals surface area (Å²) in [6.45, 7) is 0. The number of methoxy groups -OCH3 is 1. The highest BCUT2D eigenvalue weighted by Gasteiger charge is 2.14. The predicted molar refractivity (Wildman–Crippen MR) is 76.0 cm³/mol. The number of thiazole rings is 1. The number of nitrogens with zero attached hydrogens (tertiary/aromatic N) is 3. The third-order valence-electron chi connectivity index (χ3n) is 2.69. The molecule has 0 spiro atoms. The van der Waals surface area contributed by atoms with Crippen molar-refractivity contribution in [2.45, 2.75) is 0 Å². The van der Waals surface area contributed by atoms with Crippen molar-refractivity contribution in [1.29, 1.82) is 0 Å². The summed E-state index contributed by atoms with van der Waals surface area (Å²) in [5, 5.41) is 0.476. The zero-order valence-corrected chi connectivity index (χ0v) is 10.9. The topological polar surface area (TPSA) is 99.9 Å². The number of nitrogens with two attached hydrogens (primary N) is 2. The van der Waals surface area contributed by atoms with Crippen LogP contribution in [0.1, 0.15) is 0 Å². The fourth-order valence-electron chi connectivity index (χ4n) is 1.88. The second-order valence-electron chi connectivity index (χ2n) is 3.88. The van der Waals surface area contributed by atoms with Gasteiger partial charge in [0.1, 0.15) is 11.3 Å². The molecule has 3 aromatic heterocycles. The lowest BCUT2D eigenvalue weighted by atomic mass is 10.1. The number of rotatable bonds is 2. The monoisotopic (exact) mass is 273 g/mol. The number of ether oxygens (including phenoxy) is 1. The average molecular weight is 273 g/mol. The standard InChI is InChI=1S/C12H11N5OS/c1-18-11-9-10(19-12(14)17-9)7(5-16-11)6-2-3-15-8(13)4-6/h2-5H,1H3,(H2,13,15)(H2,14,17). The van der Waals surface area contributed by atoms with Crippen molar-refractivity contribution < 1.29 is 4.74 Å². The molecular weight excluding hydrogens is 262 g/mol. The van der Waals surface area contributed by atoms with Crippen molar-refractivity contribution in [3.8, 4) is 17.0 Å². The summed E-state index contributed by atoms with van der Waals surface area (Å²) in [6.07, 6.45) is 3.39. The van der Waals surface area contributed by atoms with Crippen molar-refractivity contribution in [3.05, 3.63) is 24.5 Å². The average Bonchev–Trinajstić information content (AvgIpc) is 2.78. The van der Waals surface area contributed by atoms with E-state index in [1.807, 2.05) is 6.07 Å². The highest BCUT2D eigenvalue weighted by Crippen LogP contribution is 2.37. The Labute approximate surface area is 113 Å². The molecule has 0 amide bonds. The van der Waals surface area contributed by atoms with Crippen LogP contribution in [0.25, 0.3) is 21.3 Å². The Hall–Kier alpha value is -2.41. The summed E-state index contributed by atoms with van der Waals surface area (Å²) in [6, 6.07) is 3.66. The number of anilines is 2. The molecule has 0 saturated heterocycles. The molecule has 0 aliphatic carbocycles. The molecule has 0 radical (unpaired) electrons. The summed E-state index contributed by atoms with van der Waals surface area (Å²) in [7, 11) is 1.56. The maximum Gasteiger partial charge on any atom is 0.241 e. The van der Waals surface area contributed by atoms with E-state index in [0.717, 1.165) is 15.8 Å². The predicted octanol–water partition coefficient (Wildman–Crippen LogP) is 1.93. The van der Waals surface area contributed by atoms with E-state index in [0.29, 0.717) is 22.3 Å². The third kappa shape index (κ3) is 1.93. The first-order chi connectivity index (χ1) is 9.19. The van der Waals surface area contributed by atoms with Gasteiger partial charge in [0, 0.05) is 18.0 Å². The van der Waals surface area contributed by atoms with Crippen molar-refractivity contribution in [1.82, 2.24) is 15.0 Å². The third-order valence-corrected chi connectivity index (χ3v) is 3.61. The van der Waals surface area contributed by atoms with Crippen molar-refractivity contribution >= 4 is 32.5 Å². The number of pyridine rings is 2. The van der Waals surface area contributed by atoms with E-state index in [4.69, 9.17) is 16.2 Å². The van der Waals surface area contributed by atoms with Gasteiger partial charge in [-0.05, 0) is 17.7 Å². The molecule has 0 saturated carbocycles. The summed E-state index contributed by atoms with van der Waals surface area (Å²) in [4.78, 5) is 12.5. The smallest absolute Gasteiger partial charge is 0.241 e. The fourth-order valence-corrected chi connectivity index (χ4v) is 2.73. The lowest BCUT2D eigenvalue weighted by molar-refractivity contribution is 0.402. The van der Waals surface area contributed by atoms with Crippen LogP contribution in [0.2, 0.25) is 0 Å². The molecule has 0 fully saturated rings. The molecule has 7 heteroatoms. The van der Waals surface area contributed by atoms with Crippen molar-refractivity contribution in [2.24, 2.45) is 0 Å². The van der Waals surface area contributed by atoms with E-state index in [9.17, 15) is 0 Å². The van der Waals surface area contributed by atoms with E-state index in [1.54, 1.807) is 25.6 Å². The van der Waals surface area contributed by atoms with Gasteiger partial charge in [0.2, 0.25) is 5.88 Å². The van der Waals surface area contributed by atoms with Gasteiger partial charge in [0.25, 0.3) is 0 Å². The van der Waals surface area contributed by atoms with E-state index >= 15 is 0 Å². The minimum absolute atomic E-state index is 0.457. The number of fused-ring (bicyclic) bond motifs is 1. The number of aromatic nitrogens is 3. The van der Waals surface area contributed by atoms with E-state index in [2.05, 4.69) is 15.0 Å².